The second kappa shape index (κ2) is 6.68. The van der Waals surface area contributed by atoms with Crippen LogP contribution >= 0.6 is 11.3 Å². The molecule has 1 fully saturated rings. The van der Waals surface area contributed by atoms with E-state index >= 15 is 0 Å². The van der Waals surface area contributed by atoms with Gasteiger partial charge in [0.1, 0.15) is 0 Å². The smallest absolute Gasteiger partial charge is 0.0738 e. The minimum Gasteiger partial charge on any atom is -0.381 e. The van der Waals surface area contributed by atoms with Crippen molar-refractivity contribution in [2.24, 2.45) is 0 Å². The van der Waals surface area contributed by atoms with Crippen molar-refractivity contribution in [2.75, 3.05) is 20.3 Å². The van der Waals surface area contributed by atoms with Crippen LogP contribution < -0.4 is 5.32 Å². The highest BCUT2D eigenvalue weighted by molar-refractivity contribution is 7.19. The average molecular weight is 291 g/mol. The van der Waals surface area contributed by atoms with Crippen LogP contribution in [0.2, 0.25) is 0 Å². The van der Waals surface area contributed by atoms with E-state index in [-0.39, 0.29) is 0 Å². The van der Waals surface area contributed by atoms with Gasteiger partial charge in [-0.2, -0.15) is 0 Å². The zero-order chi connectivity index (χ0) is 13.8. The first-order valence-corrected chi connectivity index (χ1v) is 8.03. The summed E-state index contributed by atoms with van der Waals surface area (Å²) in [6, 6.07) is 8.60. The molecule has 1 aromatic carbocycles. The Balaban J connectivity index is 1.79. The second-order valence-corrected chi connectivity index (χ2v) is 6.29. The minimum absolute atomic E-state index is 0.352. The molecule has 0 atom stereocenters. The maximum absolute atomic E-state index is 6.12. The van der Waals surface area contributed by atoms with Crippen LogP contribution in [-0.2, 0) is 22.6 Å². The van der Waals surface area contributed by atoms with Crippen molar-refractivity contribution in [3.8, 4) is 0 Å². The Hall–Kier alpha value is -0.940. The number of hydrogen-bond acceptors (Lipinski definition) is 4. The Morgan fingerprint density at radius 1 is 1.30 bits per heavy atom. The third kappa shape index (κ3) is 3.04. The lowest BCUT2D eigenvalue weighted by atomic mass is 10.1. The monoisotopic (exact) mass is 291 g/mol. The third-order valence-corrected chi connectivity index (χ3v) is 4.96. The largest absolute Gasteiger partial charge is 0.381 e. The zero-order valence-electron chi connectivity index (χ0n) is 11.9. The molecule has 1 aliphatic heterocycles. The maximum atomic E-state index is 6.12. The molecule has 0 unspecified atom stereocenters. The summed E-state index contributed by atoms with van der Waals surface area (Å²) in [6.45, 7) is 3.29. The van der Waals surface area contributed by atoms with Gasteiger partial charge in [-0.3, -0.25) is 0 Å². The molecule has 2 heterocycles. The summed E-state index contributed by atoms with van der Waals surface area (Å²) < 4.78 is 12.9. The van der Waals surface area contributed by atoms with Crippen molar-refractivity contribution >= 4 is 21.4 Å². The highest BCUT2D eigenvalue weighted by Crippen LogP contribution is 2.32. The predicted molar refractivity (Wildman–Crippen MR) is 83.2 cm³/mol. The molecule has 108 valence electrons. The summed E-state index contributed by atoms with van der Waals surface area (Å²) in [5.74, 6) is 0. The fourth-order valence-corrected chi connectivity index (χ4v) is 3.88. The van der Waals surface area contributed by atoms with Crippen LogP contribution in [0.5, 0.6) is 0 Å². The van der Waals surface area contributed by atoms with Gasteiger partial charge in [-0.05, 0) is 31.3 Å². The van der Waals surface area contributed by atoms with Gasteiger partial charge in [0.15, 0.2) is 0 Å². The van der Waals surface area contributed by atoms with E-state index in [0.29, 0.717) is 12.7 Å². The van der Waals surface area contributed by atoms with Crippen LogP contribution in [0.25, 0.3) is 10.1 Å². The number of rotatable bonds is 5. The molecule has 20 heavy (non-hydrogen) atoms. The normalized spacial score (nSPS) is 16.9. The molecule has 4 heteroatoms. The molecule has 2 aromatic rings. The first kappa shape index (κ1) is 14.0. The molecular weight excluding hydrogens is 270 g/mol. The van der Waals surface area contributed by atoms with Gasteiger partial charge in [-0.15, -0.1) is 11.3 Å². The lowest BCUT2D eigenvalue weighted by molar-refractivity contribution is -0.0388. The molecule has 1 N–H and O–H groups in total. The molecule has 0 amide bonds. The molecule has 0 bridgehead atoms. The summed E-state index contributed by atoms with van der Waals surface area (Å²) in [7, 11) is 1.99. The van der Waals surface area contributed by atoms with Gasteiger partial charge in [0.25, 0.3) is 0 Å². The Morgan fingerprint density at radius 2 is 2.10 bits per heavy atom. The van der Waals surface area contributed by atoms with Crippen LogP contribution in [0.4, 0.5) is 0 Å². The van der Waals surface area contributed by atoms with Gasteiger partial charge >= 0.3 is 0 Å². The number of nitrogens with one attached hydrogen (secondary N) is 1. The van der Waals surface area contributed by atoms with Crippen molar-refractivity contribution in [3.05, 3.63) is 34.7 Å². The highest BCUT2D eigenvalue weighted by atomic mass is 32.1. The number of hydrogen-bond donors (Lipinski definition) is 1. The molecule has 0 saturated carbocycles. The molecule has 3 nitrogen and oxygen atoms in total. The van der Waals surface area contributed by atoms with Gasteiger partial charge < -0.3 is 14.8 Å². The lowest BCUT2D eigenvalue weighted by Crippen LogP contribution is -2.23. The minimum atomic E-state index is 0.352. The van der Waals surface area contributed by atoms with E-state index in [0.717, 1.165) is 32.6 Å². The van der Waals surface area contributed by atoms with Crippen LogP contribution in [0, 0.1) is 0 Å². The van der Waals surface area contributed by atoms with E-state index in [1.165, 1.54) is 20.5 Å². The van der Waals surface area contributed by atoms with Crippen molar-refractivity contribution < 1.29 is 9.47 Å². The first-order valence-electron chi connectivity index (χ1n) is 7.21. The maximum Gasteiger partial charge on any atom is 0.0738 e. The fraction of sp³-hybridized carbons (Fsp3) is 0.500. The Morgan fingerprint density at radius 3 is 2.90 bits per heavy atom. The highest BCUT2D eigenvalue weighted by Gasteiger charge is 2.17. The van der Waals surface area contributed by atoms with Crippen molar-refractivity contribution in [1.29, 1.82) is 0 Å². The SMILES string of the molecule is CNCc1sc2ccccc2c1COC1CCOCC1. The lowest BCUT2D eigenvalue weighted by Gasteiger charge is -2.22. The van der Waals surface area contributed by atoms with E-state index in [4.69, 9.17) is 9.47 Å². The molecule has 3 rings (SSSR count). The number of ether oxygens (including phenoxy) is 2. The third-order valence-electron chi connectivity index (χ3n) is 3.75. The molecule has 1 aromatic heterocycles. The van der Waals surface area contributed by atoms with Crippen LogP contribution in [0.15, 0.2) is 24.3 Å². The fourth-order valence-electron chi connectivity index (χ4n) is 2.65. The van der Waals surface area contributed by atoms with Crippen LogP contribution in [-0.4, -0.2) is 26.4 Å². The summed E-state index contributed by atoms with van der Waals surface area (Å²) in [4.78, 5) is 1.39. The summed E-state index contributed by atoms with van der Waals surface area (Å²) in [6.07, 6.45) is 2.39. The summed E-state index contributed by atoms with van der Waals surface area (Å²) >= 11 is 1.87. The molecular formula is C16H21NO2S. The van der Waals surface area contributed by atoms with E-state index < -0.39 is 0 Å². The van der Waals surface area contributed by atoms with Crippen LogP contribution in [0.1, 0.15) is 23.3 Å². The van der Waals surface area contributed by atoms with E-state index in [1.807, 2.05) is 18.4 Å². The average Bonchev–Trinajstić information content (AvgIpc) is 2.84. The van der Waals surface area contributed by atoms with E-state index in [9.17, 15) is 0 Å². The Bertz CT molecular complexity index is 561. The van der Waals surface area contributed by atoms with Gasteiger partial charge in [0, 0.05) is 34.9 Å². The van der Waals surface area contributed by atoms with Gasteiger partial charge in [0.05, 0.1) is 12.7 Å². The molecule has 1 saturated heterocycles. The molecule has 0 radical (unpaired) electrons. The number of benzene rings is 1. The van der Waals surface area contributed by atoms with Gasteiger partial charge in [-0.1, -0.05) is 18.2 Å². The quantitative estimate of drug-likeness (QED) is 0.916. The second-order valence-electron chi connectivity index (χ2n) is 5.15. The topological polar surface area (TPSA) is 30.5 Å². The van der Waals surface area contributed by atoms with Crippen LogP contribution in [0.3, 0.4) is 0 Å². The Kier molecular flexibility index (Phi) is 4.68. The molecule has 0 spiro atoms. The van der Waals surface area contributed by atoms with Crippen molar-refractivity contribution in [2.45, 2.75) is 32.1 Å². The summed E-state index contributed by atoms with van der Waals surface area (Å²) in [5, 5.41) is 4.60. The summed E-state index contributed by atoms with van der Waals surface area (Å²) in [5.41, 5.74) is 1.35. The van der Waals surface area contributed by atoms with Gasteiger partial charge in [0.2, 0.25) is 0 Å². The van der Waals surface area contributed by atoms with Crippen molar-refractivity contribution in [3.63, 3.8) is 0 Å². The number of thiophene rings is 1. The van der Waals surface area contributed by atoms with E-state index in [2.05, 4.69) is 29.6 Å². The van der Waals surface area contributed by atoms with E-state index in [1.54, 1.807) is 0 Å². The first-order chi connectivity index (χ1) is 9.88. The molecule has 0 aliphatic carbocycles. The molecule has 1 aliphatic rings. The predicted octanol–water partition coefficient (Wildman–Crippen LogP) is 3.32. The van der Waals surface area contributed by atoms with Gasteiger partial charge in [-0.25, -0.2) is 0 Å². The zero-order valence-corrected chi connectivity index (χ0v) is 12.7. The Labute approximate surface area is 123 Å². The number of fused-ring (bicyclic) bond motifs is 1. The van der Waals surface area contributed by atoms with Crippen molar-refractivity contribution in [1.82, 2.24) is 5.32 Å². The standard InChI is InChI=1S/C16H21NO2S/c1-17-10-16-14(11-19-12-6-8-18-9-7-12)13-4-2-3-5-15(13)20-16/h2-5,12,17H,6-11H2,1H3.